The molecular formula is C12H15FN4S. The lowest BCUT2D eigenvalue weighted by Crippen LogP contribution is -2.06. The highest BCUT2D eigenvalue weighted by molar-refractivity contribution is 7.09. The van der Waals surface area contributed by atoms with Gasteiger partial charge in [0.2, 0.25) is 0 Å². The van der Waals surface area contributed by atoms with Crippen LogP contribution in [0.25, 0.3) is 0 Å². The number of anilines is 1. The third-order valence-electron chi connectivity index (χ3n) is 2.57. The number of hydrogen-bond acceptors (Lipinski definition) is 5. The van der Waals surface area contributed by atoms with Crippen molar-refractivity contribution in [2.75, 3.05) is 5.32 Å². The summed E-state index contributed by atoms with van der Waals surface area (Å²) < 4.78 is 13.8. The van der Waals surface area contributed by atoms with Crippen molar-refractivity contribution in [2.45, 2.75) is 33.2 Å². The Bertz CT molecular complexity index is 527. The molecule has 0 aromatic carbocycles. The van der Waals surface area contributed by atoms with Gasteiger partial charge in [-0.2, -0.15) is 0 Å². The van der Waals surface area contributed by atoms with E-state index in [1.807, 2.05) is 12.3 Å². The van der Waals surface area contributed by atoms with E-state index in [-0.39, 0.29) is 11.6 Å². The molecular weight excluding hydrogens is 251 g/mol. The van der Waals surface area contributed by atoms with Gasteiger partial charge < -0.3 is 5.32 Å². The lowest BCUT2D eigenvalue weighted by molar-refractivity contribution is 0.596. The first-order chi connectivity index (χ1) is 8.74. The van der Waals surface area contributed by atoms with Gasteiger partial charge in [0, 0.05) is 5.38 Å². The van der Waals surface area contributed by atoms with E-state index in [2.05, 4.69) is 27.2 Å². The quantitative estimate of drug-likeness (QED) is 0.904. The first kappa shape index (κ1) is 12.9. The number of aromatic nitrogens is 3. The summed E-state index contributed by atoms with van der Waals surface area (Å²) in [6.45, 7) is 4.41. The van der Waals surface area contributed by atoms with Crippen LogP contribution in [0.15, 0.2) is 11.7 Å². The number of thiazole rings is 1. The molecule has 0 aliphatic rings. The van der Waals surface area contributed by atoms with Gasteiger partial charge in [0.15, 0.2) is 11.6 Å². The van der Waals surface area contributed by atoms with Crippen molar-refractivity contribution in [2.24, 2.45) is 0 Å². The lowest BCUT2D eigenvalue weighted by atomic mass is 10.3. The van der Waals surface area contributed by atoms with E-state index in [1.54, 1.807) is 11.3 Å². The topological polar surface area (TPSA) is 50.7 Å². The molecule has 0 bridgehead atoms. The van der Waals surface area contributed by atoms with Gasteiger partial charge in [-0.15, -0.1) is 11.3 Å². The smallest absolute Gasteiger partial charge is 0.186 e. The summed E-state index contributed by atoms with van der Waals surface area (Å²) in [6.07, 6.45) is 2.85. The Balaban J connectivity index is 2.06. The van der Waals surface area contributed by atoms with Gasteiger partial charge in [0.1, 0.15) is 11.3 Å². The molecule has 0 aliphatic heterocycles. The SMILES string of the molecule is CCc1csc(CNc2ncnc(CC)c2F)n1. The second-order valence-corrected chi connectivity index (χ2v) is 4.72. The van der Waals surface area contributed by atoms with Gasteiger partial charge in [0.25, 0.3) is 0 Å². The van der Waals surface area contributed by atoms with Crippen molar-refractivity contribution in [3.63, 3.8) is 0 Å². The van der Waals surface area contributed by atoms with E-state index in [1.165, 1.54) is 6.33 Å². The molecule has 1 N–H and O–H groups in total. The highest BCUT2D eigenvalue weighted by atomic mass is 32.1. The molecule has 2 aromatic rings. The van der Waals surface area contributed by atoms with Gasteiger partial charge in [0.05, 0.1) is 17.9 Å². The molecule has 0 radical (unpaired) electrons. The zero-order chi connectivity index (χ0) is 13.0. The maximum absolute atomic E-state index is 13.8. The molecule has 2 aromatic heterocycles. The molecule has 0 aliphatic carbocycles. The monoisotopic (exact) mass is 266 g/mol. The van der Waals surface area contributed by atoms with E-state index in [4.69, 9.17) is 0 Å². The standard InChI is InChI=1S/C12H15FN4S/c1-3-8-6-18-10(17-8)5-14-12-11(13)9(4-2)15-7-16-12/h6-7H,3-5H2,1-2H3,(H,14,15,16). The van der Waals surface area contributed by atoms with E-state index < -0.39 is 0 Å². The Hall–Kier alpha value is -1.56. The fraction of sp³-hybridized carbons (Fsp3) is 0.417. The Morgan fingerprint density at radius 1 is 1.28 bits per heavy atom. The Morgan fingerprint density at radius 3 is 2.78 bits per heavy atom. The maximum Gasteiger partial charge on any atom is 0.186 e. The maximum atomic E-state index is 13.8. The number of nitrogens with one attached hydrogen (secondary N) is 1. The third kappa shape index (κ3) is 2.81. The van der Waals surface area contributed by atoms with E-state index in [9.17, 15) is 4.39 Å². The normalized spacial score (nSPS) is 10.6. The second kappa shape index (κ2) is 5.86. The average molecular weight is 266 g/mol. The van der Waals surface area contributed by atoms with Crippen LogP contribution in [-0.4, -0.2) is 15.0 Å². The Morgan fingerprint density at radius 2 is 2.11 bits per heavy atom. The van der Waals surface area contributed by atoms with Crippen molar-refractivity contribution in [3.8, 4) is 0 Å². The van der Waals surface area contributed by atoms with Gasteiger partial charge in [-0.25, -0.2) is 19.3 Å². The summed E-state index contributed by atoms with van der Waals surface area (Å²) >= 11 is 1.57. The third-order valence-corrected chi connectivity index (χ3v) is 3.46. The summed E-state index contributed by atoms with van der Waals surface area (Å²) in [7, 11) is 0. The van der Waals surface area contributed by atoms with Crippen molar-refractivity contribution in [1.29, 1.82) is 0 Å². The van der Waals surface area contributed by atoms with Crippen LogP contribution in [0, 0.1) is 5.82 Å². The molecule has 96 valence electrons. The molecule has 18 heavy (non-hydrogen) atoms. The van der Waals surface area contributed by atoms with Gasteiger partial charge in [-0.1, -0.05) is 13.8 Å². The summed E-state index contributed by atoms with van der Waals surface area (Å²) in [5.74, 6) is -0.123. The molecule has 0 atom stereocenters. The highest BCUT2D eigenvalue weighted by Crippen LogP contribution is 2.16. The number of aryl methyl sites for hydroxylation is 2. The van der Waals surface area contributed by atoms with Crippen molar-refractivity contribution in [1.82, 2.24) is 15.0 Å². The van der Waals surface area contributed by atoms with Crippen LogP contribution in [0.4, 0.5) is 10.2 Å². The lowest BCUT2D eigenvalue weighted by Gasteiger charge is -2.06. The minimum absolute atomic E-state index is 0.245. The molecule has 2 heterocycles. The van der Waals surface area contributed by atoms with Crippen molar-refractivity contribution >= 4 is 17.2 Å². The van der Waals surface area contributed by atoms with Crippen LogP contribution in [0.2, 0.25) is 0 Å². The van der Waals surface area contributed by atoms with E-state index in [0.29, 0.717) is 18.7 Å². The molecule has 0 fully saturated rings. The van der Waals surface area contributed by atoms with Crippen LogP contribution < -0.4 is 5.32 Å². The van der Waals surface area contributed by atoms with Crippen LogP contribution in [0.3, 0.4) is 0 Å². The highest BCUT2D eigenvalue weighted by Gasteiger charge is 2.09. The van der Waals surface area contributed by atoms with Gasteiger partial charge >= 0.3 is 0 Å². The van der Waals surface area contributed by atoms with Crippen LogP contribution in [0.1, 0.15) is 30.2 Å². The minimum atomic E-state index is -0.368. The first-order valence-electron chi connectivity index (χ1n) is 5.91. The molecule has 0 unspecified atom stereocenters. The molecule has 0 saturated heterocycles. The predicted molar refractivity (Wildman–Crippen MR) is 70.2 cm³/mol. The number of rotatable bonds is 5. The fourth-order valence-corrected chi connectivity index (χ4v) is 2.34. The van der Waals surface area contributed by atoms with Crippen LogP contribution >= 0.6 is 11.3 Å². The van der Waals surface area contributed by atoms with E-state index in [0.717, 1.165) is 17.1 Å². The molecule has 4 nitrogen and oxygen atoms in total. The fourth-order valence-electron chi connectivity index (χ4n) is 1.53. The number of halogens is 1. The molecule has 0 spiro atoms. The second-order valence-electron chi connectivity index (χ2n) is 3.78. The summed E-state index contributed by atoms with van der Waals surface area (Å²) in [4.78, 5) is 12.2. The summed E-state index contributed by atoms with van der Waals surface area (Å²) in [5.41, 5.74) is 1.50. The van der Waals surface area contributed by atoms with E-state index >= 15 is 0 Å². The van der Waals surface area contributed by atoms with Crippen LogP contribution in [-0.2, 0) is 19.4 Å². The van der Waals surface area contributed by atoms with Crippen molar-refractivity contribution < 1.29 is 4.39 Å². The van der Waals surface area contributed by atoms with Crippen LogP contribution in [0.5, 0.6) is 0 Å². The Labute approximate surface area is 109 Å². The number of nitrogens with zero attached hydrogens (tertiary/aromatic N) is 3. The summed E-state index contributed by atoms with van der Waals surface area (Å²) in [5, 5.41) is 5.92. The summed E-state index contributed by atoms with van der Waals surface area (Å²) in [6, 6.07) is 0. The average Bonchev–Trinajstić information content (AvgIpc) is 2.85. The molecule has 2 rings (SSSR count). The minimum Gasteiger partial charge on any atom is -0.361 e. The molecule has 0 amide bonds. The zero-order valence-electron chi connectivity index (χ0n) is 10.4. The largest absolute Gasteiger partial charge is 0.361 e. The van der Waals surface area contributed by atoms with Gasteiger partial charge in [-0.3, -0.25) is 0 Å². The Kier molecular flexibility index (Phi) is 4.19. The predicted octanol–water partition coefficient (Wildman–Crippen LogP) is 2.81. The number of hydrogen-bond donors (Lipinski definition) is 1. The molecule has 6 heteroatoms. The zero-order valence-corrected chi connectivity index (χ0v) is 11.2. The van der Waals surface area contributed by atoms with Gasteiger partial charge in [-0.05, 0) is 12.8 Å². The van der Waals surface area contributed by atoms with Crippen molar-refractivity contribution in [3.05, 3.63) is 33.9 Å². The first-order valence-corrected chi connectivity index (χ1v) is 6.79. The molecule has 0 saturated carbocycles.